The predicted octanol–water partition coefficient (Wildman–Crippen LogP) is 0.450. The highest BCUT2D eigenvalue weighted by atomic mass is 31.2. The van der Waals surface area contributed by atoms with E-state index in [2.05, 4.69) is 0 Å². The highest BCUT2D eigenvalue weighted by Gasteiger charge is 2.26. The number of hydrogen-bond acceptors (Lipinski definition) is 10. The molecule has 0 amide bonds. The Hall–Kier alpha value is 0.460. The van der Waals surface area contributed by atoms with Crippen LogP contribution in [0.5, 0.6) is 0 Å². The van der Waals surface area contributed by atoms with Gasteiger partial charge in [0.15, 0.2) is 0 Å². The molecule has 0 fully saturated rings. The number of rotatable bonds is 15. The Morgan fingerprint density at radius 1 is 0.750 bits per heavy atom. The van der Waals surface area contributed by atoms with Crippen LogP contribution in [0.4, 0.5) is 0 Å². The van der Waals surface area contributed by atoms with Gasteiger partial charge in [-0.25, -0.2) is 0 Å². The molecule has 0 heterocycles. The summed E-state index contributed by atoms with van der Waals surface area (Å²) >= 11 is 0. The maximum Gasteiger partial charge on any atom is 0.327 e. The minimum Gasteiger partial charge on any atom is -0.371 e. The van der Waals surface area contributed by atoms with Crippen LogP contribution in [0.15, 0.2) is 0 Å². The van der Waals surface area contributed by atoms with Gasteiger partial charge >= 0.3 is 17.2 Å². The lowest BCUT2D eigenvalue weighted by Crippen LogP contribution is -2.29. The lowest BCUT2D eigenvalue weighted by Gasteiger charge is -2.27. The number of ether oxygens (including phenoxy) is 2. The van der Waals surface area contributed by atoms with E-state index in [1.54, 1.807) is 13.8 Å². The molecule has 0 radical (unpaired) electrons. The predicted molar refractivity (Wildman–Crippen MR) is 86.2 cm³/mol. The Labute approximate surface area is 143 Å². The lowest BCUT2D eigenvalue weighted by atomic mass is 10.0. The zero-order valence-corrected chi connectivity index (χ0v) is 15.6. The molecule has 12 heteroatoms. The lowest BCUT2D eigenvalue weighted by molar-refractivity contribution is -0.0879. The quantitative estimate of drug-likeness (QED) is 0.170. The van der Waals surface area contributed by atoms with Crippen molar-refractivity contribution in [3.63, 3.8) is 0 Å². The summed E-state index contributed by atoms with van der Waals surface area (Å²) in [5.74, 6) is 0. The van der Waals surface area contributed by atoms with Gasteiger partial charge in [0, 0.05) is 19.3 Å². The highest BCUT2D eigenvalue weighted by molar-refractivity contribution is 7.39. The first-order chi connectivity index (χ1) is 11.3. The van der Waals surface area contributed by atoms with Crippen molar-refractivity contribution in [2.75, 3.05) is 13.6 Å². The van der Waals surface area contributed by atoms with E-state index in [0.717, 1.165) is 0 Å². The van der Waals surface area contributed by atoms with Gasteiger partial charge in [-0.3, -0.25) is 0 Å². The Kier molecular flexibility index (Phi) is 14.9. The molecule has 10 nitrogen and oxygen atoms in total. The van der Waals surface area contributed by atoms with E-state index < -0.39 is 55.2 Å². The molecule has 146 valence electrons. The minimum atomic E-state index is -2.60. The molecule has 0 saturated heterocycles. The molecule has 0 aromatic rings. The molecule has 0 saturated carbocycles. The summed E-state index contributed by atoms with van der Waals surface area (Å²) in [5.41, 5.74) is 0. The van der Waals surface area contributed by atoms with Crippen molar-refractivity contribution in [3.05, 3.63) is 0 Å². The summed E-state index contributed by atoms with van der Waals surface area (Å²) in [5, 5.41) is 17.8. The standard InChI is InChI=1S/C12H28O10P2/c1-3-10(21-23(15)16)5-11(20-8-14)6-12(22-24(17)18)4-9(2)19-7-13/h9-18H,3-8H2,1-2H3. The van der Waals surface area contributed by atoms with Crippen molar-refractivity contribution in [2.45, 2.75) is 63.9 Å². The largest absolute Gasteiger partial charge is 0.371 e. The molecule has 4 atom stereocenters. The minimum absolute atomic E-state index is 0.189. The van der Waals surface area contributed by atoms with E-state index in [-0.39, 0.29) is 19.3 Å². The van der Waals surface area contributed by atoms with Gasteiger partial charge in [0.1, 0.15) is 13.6 Å². The Morgan fingerprint density at radius 2 is 1.25 bits per heavy atom. The van der Waals surface area contributed by atoms with Gasteiger partial charge in [-0.05, 0) is 13.3 Å². The fraction of sp³-hybridized carbons (Fsp3) is 1.00. The fourth-order valence-corrected chi connectivity index (χ4v) is 3.16. The van der Waals surface area contributed by atoms with Gasteiger partial charge in [-0.1, -0.05) is 6.92 Å². The van der Waals surface area contributed by atoms with Crippen LogP contribution in [0.2, 0.25) is 0 Å². The molecule has 0 aliphatic carbocycles. The second-order valence-corrected chi connectivity index (χ2v) is 6.53. The summed E-state index contributed by atoms with van der Waals surface area (Å²) in [6, 6.07) is 0. The van der Waals surface area contributed by atoms with Crippen molar-refractivity contribution in [1.82, 2.24) is 0 Å². The molecule has 0 aliphatic heterocycles. The zero-order chi connectivity index (χ0) is 18.5. The molecule has 0 spiro atoms. The monoisotopic (exact) mass is 394 g/mol. The van der Waals surface area contributed by atoms with Crippen LogP contribution in [0.3, 0.4) is 0 Å². The molecular formula is C12H28O10P2. The van der Waals surface area contributed by atoms with E-state index >= 15 is 0 Å². The van der Waals surface area contributed by atoms with Gasteiger partial charge in [-0.2, -0.15) is 0 Å². The van der Waals surface area contributed by atoms with Crippen LogP contribution >= 0.6 is 17.2 Å². The molecule has 0 aliphatic rings. The van der Waals surface area contributed by atoms with Crippen LogP contribution in [-0.4, -0.2) is 67.8 Å². The Balaban J connectivity index is 4.76. The summed E-state index contributed by atoms with van der Waals surface area (Å²) in [7, 11) is -5.11. The summed E-state index contributed by atoms with van der Waals surface area (Å²) in [4.78, 5) is 36.1. The van der Waals surface area contributed by atoms with Gasteiger partial charge in [-0.15, -0.1) is 0 Å². The van der Waals surface area contributed by atoms with E-state index in [1.807, 2.05) is 0 Å². The average molecular weight is 394 g/mol. The maximum atomic E-state index is 9.08. The highest BCUT2D eigenvalue weighted by Crippen LogP contribution is 2.33. The van der Waals surface area contributed by atoms with E-state index in [4.69, 9.17) is 48.3 Å². The summed E-state index contributed by atoms with van der Waals surface area (Å²) < 4.78 is 20.2. The molecule has 0 aromatic carbocycles. The smallest absolute Gasteiger partial charge is 0.327 e. The average Bonchev–Trinajstić information content (AvgIpc) is 2.45. The zero-order valence-electron chi connectivity index (χ0n) is 13.8. The third kappa shape index (κ3) is 12.8. The van der Waals surface area contributed by atoms with Crippen LogP contribution in [-0.2, 0) is 18.5 Å². The van der Waals surface area contributed by atoms with Crippen molar-refractivity contribution < 1.29 is 48.3 Å². The van der Waals surface area contributed by atoms with Crippen molar-refractivity contribution in [2.24, 2.45) is 0 Å². The van der Waals surface area contributed by atoms with Crippen molar-refractivity contribution in [3.8, 4) is 0 Å². The Morgan fingerprint density at radius 3 is 1.71 bits per heavy atom. The van der Waals surface area contributed by atoms with Crippen LogP contribution in [0.25, 0.3) is 0 Å². The number of aliphatic hydroxyl groups excluding tert-OH is 2. The normalized spacial score (nSPS) is 17.2. The first-order valence-corrected chi connectivity index (χ1v) is 9.79. The van der Waals surface area contributed by atoms with Gasteiger partial charge in [0.2, 0.25) is 0 Å². The molecule has 0 bridgehead atoms. The SMILES string of the molecule is CCC(CC(CC(CC(C)OCO)OP(O)O)OCO)OP(O)O. The first-order valence-electron chi connectivity index (χ1n) is 7.46. The topological polar surface area (TPSA) is 158 Å². The first kappa shape index (κ1) is 24.5. The van der Waals surface area contributed by atoms with Crippen LogP contribution in [0.1, 0.15) is 39.5 Å². The third-order valence-electron chi connectivity index (χ3n) is 3.26. The fourth-order valence-electron chi connectivity index (χ4n) is 2.22. The number of hydrogen-bond donors (Lipinski definition) is 6. The molecule has 24 heavy (non-hydrogen) atoms. The molecule has 0 rings (SSSR count). The van der Waals surface area contributed by atoms with Gasteiger partial charge in [0.05, 0.1) is 24.4 Å². The third-order valence-corrected chi connectivity index (χ3v) is 4.23. The van der Waals surface area contributed by atoms with Crippen LogP contribution < -0.4 is 0 Å². The van der Waals surface area contributed by atoms with Gasteiger partial charge in [0.25, 0.3) is 0 Å². The molecule has 4 unspecified atom stereocenters. The molecule has 0 aromatic heterocycles. The van der Waals surface area contributed by atoms with Crippen molar-refractivity contribution >= 4 is 17.2 Å². The second-order valence-electron chi connectivity index (χ2n) is 5.10. The van der Waals surface area contributed by atoms with E-state index in [0.29, 0.717) is 6.42 Å². The molecule has 6 N–H and O–H groups in total. The summed E-state index contributed by atoms with van der Waals surface area (Å²) in [6.45, 7) is 2.45. The van der Waals surface area contributed by atoms with Crippen molar-refractivity contribution in [1.29, 1.82) is 0 Å². The van der Waals surface area contributed by atoms with Gasteiger partial charge < -0.3 is 48.3 Å². The Bertz CT molecular complexity index is 297. The summed E-state index contributed by atoms with van der Waals surface area (Å²) in [6.07, 6.45) is -0.939. The second kappa shape index (κ2) is 14.6. The maximum absolute atomic E-state index is 9.08. The number of aliphatic hydroxyl groups is 2. The molecular weight excluding hydrogens is 366 g/mol. The van der Waals surface area contributed by atoms with E-state index in [1.165, 1.54) is 0 Å². The van der Waals surface area contributed by atoms with E-state index in [9.17, 15) is 0 Å². The van der Waals surface area contributed by atoms with Crippen LogP contribution in [0, 0.1) is 0 Å².